The Labute approximate surface area is 134 Å². The molecule has 0 radical (unpaired) electrons. The van der Waals surface area contributed by atoms with E-state index in [4.69, 9.17) is 4.99 Å². The summed E-state index contributed by atoms with van der Waals surface area (Å²) >= 11 is 1.67. The molecule has 1 aromatic heterocycles. The normalized spacial score (nSPS) is 19.6. The molecule has 0 bridgehead atoms. The summed E-state index contributed by atoms with van der Waals surface area (Å²) in [5.74, 6) is 0. The fraction of sp³-hybridized carbons (Fsp3) is 0.278. The lowest BCUT2D eigenvalue weighted by Gasteiger charge is -2.24. The number of aliphatic imine (C=N–C) groups is 1. The van der Waals surface area contributed by atoms with Crippen LogP contribution in [0, 0.1) is 0 Å². The van der Waals surface area contributed by atoms with Crippen LogP contribution in [0.1, 0.15) is 29.0 Å². The number of carbonyl (C=O) groups is 1. The molecule has 0 saturated carbocycles. The molecule has 1 unspecified atom stereocenters. The second-order valence-corrected chi connectivity index (χ2v) is 6.40. The highest BCUT2D eigenvalue weighted by atomic mass is 32.1. The van der Waals surface area contributed by atoms with Crippen molar-refractivity contribution in [2.75, 3.05) is 0 Å². The fourth-order valence-corrected chi connectivity index (χ4v) is 3.42. The van der Waals surface area contributed by atoms with Crippen LogP contribution in [0.3, 0.4) is 0 Å². The van der Waals surface area contributed by atoms with E-state index in [0.29, 0.717) is 6.42 Å². The van der Waals surface area contributed by atoms with Crippen LogP contribution in [0.2, 0.25) is 0 Å². The molecule has 1 aliphatic rings. The minimum Gasteiger partial charge on any atom is -0.303 e. The molecule has 0 saturated heterocycles. The number of benzene rings is 1. The van der Waals surface area contributed by atoms with Gasteiger partial charge in [-0.1, -0.05) is 30.3 Å². The van der Waals surface area contributed by atoms with Gasteiger partial charge in [0, 0.05) is 30.6 Å². The van der Waals surface area contributed by atoms with Gasteiger partial charge in [0.05, 0.1) is 5.01 Å². The van der Waals surface area contributed by atoms with Crippen molar-refractivity contribution in [3.8, 4) is 0 Å². The standard InChI is InChI=1S/C18H18N2OS/c21-12-2-1-4-15-5-7-16(8-6-15)18(9-3-10-20-18)14-17-19-11-13-22-17/h3,5-13H,1-2,4,14H2. The maximum absolute atomic E-state index is 10.4. The third-order valence-electron chi connectivity index (χ3n) is 3.91. The van der Waals surface area contributed by atoms with Gasteiger partial charge in [-0.25, -0.2) is 4.98 Å². The molecule has 1 aromatic carbocycles. The number of nitrogens with zero attached hydrogens (tertiary/aromatic N) is 2. The molecule has 2 heterocycles. The van der Waals surface area contributed by atoms with Crippen molar-refractivity contribution < 1.29 is 4.79 Å². The Bertz CT molecular complexity index is 660. The Morgan fingerprint density at radius 2 is 2.09 bits per heavy atom. The lowest BCUT2D eigenvalue weighted by molar-refractivity contribution is -0.107. The van der Waals surface area contributed by atoms with Crippen LogP contribution in [0.15, 0.2) is 53.0 Å². The van der Waals surface area contributed by atoms with Gasteiger partial charge in [0.1, 0.15) is 11.8 Å². The third-order valence-corrected chi connectivity index (χ3v) is 4.69. The van der Waals surface area contributed by atoms with E-state index >= 15 is 0 Å². The van der Waals surface area contributed by atoms with Crippen LogP contribution in [0.5, 0.6) is 0 Å². The van der Waals surface area contributed by atoms with Gasteiger partial charge in [0.2, 0.25) is 0 Å². The Hall–Kier alpha value is -2.07. The minimum absolute atomic E-state index is 0.320. The number of hydrogen-bond acceptors (Lipinski definition) is 4. The highest BCUT2D eigenvalue weighted by molar-refractivity contribution is 7.09. The van der Waals surface area contributed by atoms with E-state index in [1.165, 1.54) is 11.1 Å². The summed E-state index contributed by atoms with van der Waals surface area (Å²) in [4.78, 5) is 19.5. The molecule has 112 valence electrons. The zero-order valence-electron chi connectivity index (χ0n) is 12.3. The van der Waals surface area contributed by atoms with Gasteiger partial charge in [0.15, 0.2) is 0 Å². The maximum atomic E-state index is 10.4. The number of hydrogen-bond donors (Lipinski definition) is 0. The first-order valence-corrected chi connectivity index (χ1v) is 8.35. The summed E-state index contributed by atoms with van der Waals surface area (Å²) in [7, 11) is 0. The Balaban J connectivity index is 1.79. The summed E-state index contributed by atoms with van der Waals surface area (Å²) in [6.45, 7) is 0. The lowest BCUT2D eigenvalue weighted by Crippen LogP contribution is -2.22. The molecule has 22 heavy (non-hydrogen) atoms. The van der Waals surface area contributed by atoms with Gasteiger partial charge in [0.25, 0.3) is 0 Å². The van der Waals surface area contributed by atoms with Crippen LogP contribution < -0.4 is 0 Å². The molecule has 0 N–H and O–H groups in total. The van der Waals surface area contributed by atoms with Crippen LogP contribution in [-0.2, 0) is 23.2 Å². The molecule has 0 spiro atoms. The molecule has 3 nitrogen and oxygen atoms in total. The predicted octanol–water partition coefficient (Wildman–Crippen LogP) is 3.74. The monoisotopic (exact) mass is 310 g/mol. The highest BCUT2D eigenvalue weighted by Gasteiger charge is 2.31. The number of aromatic nitrogens is 1. The topological polar surface area (TPSA) is 42.3 Å². The Morgan fingerprint density at radius 1 is 1.23 bits per heavy atom. The third kappa shape index (κ3) is 3.22. The van der Waals surface area contributed by atoms with E-state index in [1.807, 2.05) is 23.9 Å². The van der Waals surface area contributed by atoms with Crippen molar-refractivity contribution in [1.82, 2.24) is 4.98 Å². The largest absolute Gasteiger partial charge is 0.303 e. The quantitative estimate of drug-likeness (QED) is 0.577. The number of thiazole rings is 1. The van der Waals surface area contributed by atoms with Gasteiger partial charge in [-0.3, -0.25) is 4.99 Å². The molecule has 0 aliphatic carbocycles. The number of allylic oxidation sites excluding steroid dienone is 1. The van der Waals surface area contributed by atoms with Crippen molar-refractivity contribution in [3.63, 3.8) is 0 Å². The molecule has 1 aliphatic heterocycles. The molecular weight excluding hydrogens is 292 g/mol. The number of aldehydes is 1. The molecule has 4 heteroatoms. The average molecular weight is 310 g/mol. The Morgan fingerprint density at radius 3 is 2.73 bits per heavy atom. The SMILES string of the molecule is O=CCCCc1ccc(C2(Cc3nccs3)C=CC=N2)cc1. The van der Waals surface area contributed by atoms with E-state index in [9.17, 15) is 4.79 Å². The van der Waals surface area contributed by atoms with E-state index in [1.54, 1.807) is 11.3 Å². The zero-order valence-corrected chi connectivity index (χ0v) is 13.1. The van der Waals surface area contributed by atoms with E-state index < -0.39 is 0 Å². The van der Waals surface area contributed by atoms with Crippen LogP contribution in [0.4, 0.5) is 0 Å². The van der Waals surface area contributed by atoms with Crippen molar-refractivity contribution in [1.29, 1.82) is 0 Å². The van der Waals surface area contributed by atoms with Gasteiger partial charge in [-0.15, -0.1) is 11.3 Å². The smallest absolute Gasteiger partial charge is 0.120 e. The van der Waals surface area contributed by atoms with Crippen molar-refractivity contribution >= 4 is 23.8 Å². The minimum atomic E-state index is -0.320. The summed E-state index contributed by atoms with van der Waals surface area (Å²) in [5.41, 5.74) is 2.13. The van der Waals surface area contributed by atoms with Gasteiger partial charge >= 0.3 is 0 Å². The maximum Gasteiger partial charge on any atom is 0.120 e. The van der Waals surface area contributed by atoms with Crippen molar-refractivity contribution in [2.24, 2.45) is 4.99 Å². The molecule has 0 amide bonds. The first-order valence-electron chi connectivity index (χ1n) is 7.47. The molecule has 1 atom stereocenters. The van der Waals surface area contributed by atoms with Crippen molar-refractivity contribution in [3.05, 3.63) is 64.1 Å². The first kappa shape index (κ1) is 14.9. The fourth-order valence-electron chi connectivity index (χ4n) is 2.72. The van der Waals surface area contributed by atoms with Gasteiger partial charge in [-0.05, 0) is 30.0 Å². The summed E-state index contributed by atoms with van der Waals surface area (Å²) in [5, 5.41) is 3.10. The summed E-state index contributed by atoms with van der Waals surface area (Å²) in [6, 6.07) is 8.59. The van der Waals surface area contributed by atoms with Crippen LogP contribution >= 0.6 is 11.3 Å². The second kappa shape index (κ2) is 6.79. The zero-order chi connectivity index (χ0) is 15.3. The molecule has 0 fully saturated rings. The molecule has 2 aromatic rings. The summed E-state index contributed by atoms with van der Waals surface area (Å²) in [6.07, 6.45) is 12.1. The van der Waals surface area contributed by atoms with Crippen molar-refractivity contribution in [2.45, 2.75) is 31.2 Å². The number of unbranched alkanes of at least 4 members (excludes halogenated alkanes) is 1. The van der Waals surface area contributed by atoms with Gasteiger partial charge < -0.3 is 4.79 Å². The molecule has 3 rings (SSSR count). The number of aryl methyl sites for hydroxylation is 1. The highest BCUT2D eigenvalue weighted by Crippen LogP contribution is 2.34. The van der Waals surface area contributed by atoms with E-state index in [-0.39, 0.29) is 5.54 Å². The van der Waals surface area contributed by atoms with Crippen LogP contribution in [-0.4, -0.2) is 17.5 Å². The predicted molar refractivity (Wildman–Crippen MR) is 90.6 cm³/mol. The molecular formula is C18H18N2OS. The number of carbonyl (C=O) groups excluding carboxylic acids is 1. The van der Waals surface area contributed by atoms with E-state index in [0.717, 1.165) is 30.6 Å². The van der Waals surface area contributed by atoms with Crippen LogP contribution in [0.25, 0.3) is 0 Å². The number of rotatable bonds is 7. The first-order chi connectivity index (χ1) is 10.8. The average Bonchev–Trinajstić information content (AvgIpc) is 3.21. The lowest BCUT2D eigenvalue weighted by atomic mass is 9.87. The summed E-state index contributed by atoms with van der Waals surface area (Å²) < 4.78 is 0. The van der Waals surface area contributed by atoms with E-state index in [2.05, 4.69) is 35.3 Å². The Kier molecular flexibility index (Phi) is 4.59. The second-order valence-electron chi connectivity index (χ2n) is 5.42. The van der Waals surface area contributed by atoms with Gasteiger partial charge in [-0.2, -0.15) is 0 Å².